The molecule has 0 radical (unpaired) electrons. The molecule has 4 heteroatoms. The van der Waals surface area contributed by atoms with E-state index in [1.165, 1.54) is 0 Å². The number of benzene rings is 1. The highest BCUT2D eigenvalue weighted by molar-refractivity contribution is 5.74. The first-order valence-corrected chi connectivity index (χ1v) is 7.41. The van der Waals surface area contributed by atoms with E-state index >= 15 is 0 Å². The van der Waals surface area contributed by atoms with Crippen molar-refractivity contribution in [3.05, 3.63) is 35.9 Å². The van der Waals surface area contributed by atoms with Gasteiger partial charge in [-0.2, -0.15) is 0 Å². The maximum Gasteiger partial charge on any atom is 0.311 e. The van der Waals surface area contributed by atoms with Crippen molar-refractivity contribution in [3.63, 3.8) is 0 Å². The lowest BCUT2D eigenvalue weighted by Crippen LogP contribution is -2.23. The summed E-state index contributed by atoms with van der Waals surface area (Å²) in [5.41, 5.74) is 0.656. The average molecular weight is 292 g/mol. The van der Waals surface area contributed by atoms with Crippen LogP contribution >= 0.6 is 0 Å². The highest BCUT2D eigenvalue weighted by atomic mass is 16.7. The van der Waals surface area contributed by atoms with Crippen LogP contribution < -0.4 is 0 Å². The smallest absolute Gasteiger partial charge is 0.311 e. The molecule has 0 heterocycles. The van der Waals surface area contributed by atoms with E-state index in [-0.39, 0.29) is 23.8 Å². The van der Waals surface area contributed by atoms with Crippen LogP contribution in [0.3, 0.4) is 0 Å². The molecule has 2 unspecified atom stereocenters. The van der Waals surface area contributed by atoms with Gasteiger partial charge in [0.2, 0.25) is 0 Å². The van der Waals surface area contributed by atoms with E-state index in [0.29, 0.717) is 5.56 Å². The quantitative estimate of drug-likeness (QED) is 0.565. The summed E-state index contributed by atoms with van der Waals surface area (Å²) in [5.74, 6) is -1.22. The van der Waals surface area contributed by atoms with Crippen LogP contribution in [0.4, 0.5) is 0 Å². The van der Waals surface area contributed by atoms with Gasteiger partial charge in [-0.3, -0.25) is 9.59 Å². The molecule has 1 rings (SSSR count). The van der Waals surface area contributed by atoms with Gasteiger partial charge in [-0.25, -0.2) is 0 Å². The number of hydrogen-bond donors (Lipinski definition) is 0. The lowest BCUT2D eigenvalue weighted by atomic mass is 10.1. The summed E-state index contributed by atoms with van der Waals surface area (Å²) in [6.07, 6.45) is 0.671. The molecule has 0 aliphatic heterocycles. The number of hydrogen-bond acceptors (Lipinski definition) is 4. The first-order valence-electron chi connectivity index (χ1n) is 7.41. The first kappa shape index (κ1) is 17.2. The van der Waals surface area contributed by atoms with Crippen LogP contribution in [0.1, 0.15) is 52.4 Å². The second kappa shape index (κ2) is 8.45. The molecule has 0 aliphatic carbocycles. The van der Waals surface area contributed by atoms with Gasteiger partial charge < -0.3 is 9.47 Å². The zero-order valence-corrected chi connectivity index (χ0v) is 13.2. The van der Waals surface area contributed by atoms with Crippen molar-refractivity contribution < 1.29 is 19.1 Å². The van der Waals surface area contributed by atoms with E-state index in [0.717, 1.165) is 12.8 Å². The van der Waals surface area contributed by atoms with Crippen LogP contribution in [-0.2, 0) is 19.1 Å². The van der Waals surface area contributed by atoms with Crippen molar-refractivity contribution in [2.24, 2.45) is 11.8 Å². The van der Waals surface area contributed by atoms with Crippen LogP contribution in [0.5, 0.6) is 0 Å². The molecule has 0 spiro atoms. The SMILES string of the molecule is CCCC(C)C(=O)OC(OC(=O)C(C)C)c1ccccc1. The van der Waals surface area contributed by atoms with Gasteiger partial charge >= 0.3 is 11.9 Å². The predicted molar refractivity (Wildman–Crippen MR) is 80.3 cm³/mol. The summed E-state index contributed by atoms with van der Waals surface area (Å²) in [6, 6.07) is 9.03. The maximum atomic E-state index is 12.1. The van der Waals surface area contributed by atoms with E-state index in [9.17, 15) is 9.59 Å². The fourth-order valence-corrected chi connectivity index (χ4v) is 1.78. The summed E-state index contributed by atoms with van der Waals surface area (Å²) >= 11 is 0. The molecule has 0 fully saturated rings. The van der Waals surface area contributed by atoms with Crippen LogP contribution in [0.15, 0.2) is 30.3 Å². The third-order valence-corrected chi connectivity index (χ3v) is 3.11. The molecule has 0 saturated heterocycles. The Morgan fingerprint density at radius 2 is 1.57 bits per heavy atom. The molecule has 0 amide bonds. The van der Waals surface area contributed by atoms with Gasteiger partial charge in [-0.05, 0) is 6.42 Å². The summed E-state index contributed by atoms with van der Waals surface area (Å²) < 4.78 is 10.7. The molecule has 1 aromatic carbocycles. The highest BCUT2D eigenvalue weighted by Crippen LogP contribution is 2.22. The Hall–Kier alpha value is -1.84. The Labute approximate surface area is 126 Å². The van der Waals surface area contributed by atoms with E-state index < -0.39 is 6.29 Å². The van der Waals surface area contributed by atoms with Gasteiger partial charge in [-0.1, -0.05) is 64.4 Å². The number of esters is 2. The maximum absolute atomic E-state index is 12.1. The molecule has 116 valence electrons. The molecule has 0 bridgehead atoms. The van der Waals surface area contributed by atoms with Gasteiger partial charge in [-0.15, -0.1) is 0 Å². The second-order valence-corrected chi connectivity index (χ2v) is 5.46. The number of carbonyl (C=O) groups is 2. The Morgan fingerprint density at radius 3 is 2.10 bits per heavy atom. The monoisotopic (exact) mass is 292 g/mol. The normalized spacial score (nSPS) is 13.6. The van der Waals surface area contributed by atoms with E-state index in [4.69, 9.17) is 9.47 Å². The zero-order valence-electron chi connectivity index (χ0n) is 13.2. The Morgan fingerprint density at radius 1 is 1.00 bits per heavy atom. The molecule has 2 atom stereocenters. The lowest BCUT2D eigenvalue weighted by molar-refractivity contribution is -0.194. The van der Waals surface area contributed by atoms with Crippen LogP contribution in [0.25, 0.3) is 0 Å². The van der Waals surface area contributed by atoms with Crippen LogP contribution in [0, 0.1) is 11.8 Å². The molecule has 0 N–H and O–H groups in total. The van der Waals surface area contributed by atoms with Gasteiger partial charge in [0, 0.05) is 5.56 Å². The van der Waals surface area contributed by atoms with Crippen molar-refractivity contribution in [2.75, 3.05) is 0 Å². The topological polar surface area (TPSA) is 52.6 Å². The van der Waals surface area contributed by atoms with Gasteiger partial charge in [0.1, 0.15) is 0 Å². The Balaban J connectivity index is 2.82. The van der Waals surface area contributed by atoms with Crippen LogP contribution in [-0.4, -0.2) is 11.9 Å². The largest absolute Gasteiger partial charge is 0.420 e. The predicted octanol–water partition coefficient (Wildman–Crippen LogP) is 3.86. The number of carbonyl (C=O) groups excluding carboxylic acids is 2. The third-order valence-electron chi connectivity index (χ3n) is 3.11. The molecular formula is C17H24O4. The van der Waals surface area contributed by atoms with Gasteiger partial charge in [0.15, 0.2) is 0 Å². The van der Waals surface area contributed by atoms with Crippen molar-refractivity contribution in [1.82, 2.24) is 0 Å². The van der Waals surface area contributed by atoms with E-state index in [2.05, 4.69) is 0 Å². The average Bonchev–Trinajstić information content (AvgIpc) is 2.47. The summed E-state index contributed by atoms with van der Waals surface area (Å²) in [5, 5.41) is 0. The van der Waals surface area contributed by atoms with Crippen molar-refractivity contribution in [2.45, 2.75) is 46.8 Å². The van der Waals surface area contributed by atoms with E-state index in [1.807, 2.05) is 32.0 Å². The fraction of sp³-hybridized carbons (Fsp3) is 0.529. The zero-order chi connectivity index (χ0) is 15.8. The molecule has 0 aliphatic rings. The minimum atomic E-state index is -0.979. The number of ether oxygens (including phenoxy) is 2. The number of rotatable bonds is 7. The highest BCUT2D eigenvalue weighted by Gasteiger charge is 2.24. The van der Waals surface area contributed by atoms with Crippen LogP contribution in [0.2, 0.25) is 0 Å². The van der Waals surface area contributed by atoms with Crippen molar-refractivity contribution >= 4 is 11.9 Å². The molecule has 4 nitrogen and oxygen atoms in total. The van der Waals surface area contributed by atoms with E-state index in [1.54, 1.807) is 26.0 Å². The molecule has 0 saturated carbocycles. The van der Waals surface area contributed by atoms with Gasteiger partial charge in [0.25, 0.3) is 6.29 Å². The molecule has 0 aromatic heterocycles. The van der Waals surface area contributed by atoms with Crippen molar-refractivity contribution in [1.29, 1.82) is 0 Å². The first-order chi connectivity index (χ1) is 9.95. The molecular weight excluding hydrogens is 268 g/mol. The minimum absolute atomic E-state index is 0.209. The Bertz CT molecular complexity index is 453. The third kappa shape index (κ3) is 5.58. The molecule has 1 aromatic rings. The minimum Gasteiger partial charge on any atom is -0.420 e. The molecule has 21 heavy (non-hydrogen) atoms. The summed E-state index contributed by atoms with van der Waals surface area (Å²) in [7, 11) is 0. The lowest BCUT2D eigenvalue weighted by Gasteiger charge is -2.21. The fourth-order valence-electron chi connectivity index (χ4n) is 1.78. The van der Waals surface area contributed by atoms with Gasteiger partial charge in [0.05, 0.1) is 11.8 Å². The summed E-state index contributed by atoms with van der Waals surface area (Å²) in [4.78, 5) is 23.8. The second-order valence-electron chi connectivity index (χ2n) is 5.46. The van der Waals surface area contributed by atoms with Crippen molar-refractivity contribution in [3.8, 4) is 0 Å². The summed E-state index contributed by atoms with van der Waals surface area (Å²) in [6.45, 7) is 7.31. The standard InChI is InChI=1S/C17H24O4/c1-5-9-13(4)16(19)21-17(20-15(18)12(2)3)14-10-7-6-8-11-14/h6-8,10-13,17H,5,9H2,1-4H3. The Kier molecular flexibility index (Phi) is 6.92.